The first-order chi connectivity index (χ1) is 8.81. The minimum atomic E-state index is 0.644. The van der Waals surface area contributed by atoms with Crippen LogP contribution in [0.1, 0.15) is 18.2 Å². The summed E-state index contributed by atoms with van der Waals surface area (Å²) < 4.78 is 7.48. The summed E-state index contributed by atoms with van der Waals surface area (Å²) in [6.45, 7) is 4.15. The summed E-state index contributed by atoms with van der Waals surface area (Å²) in [7, 11) is 2.00. The van der Waals surface area contributed by atoms with Crippen LogP contribution in [0.25, 0.3) is 0 Å². The van der Waals surface area contributed by atoms with E-state index in [4.69, 9.17) is 4.74 Å². The van der Waals surface area contributed by atoms with Crippen LogP contribution in [0.4, 0.5) is 5.69 Å². The molecule has 0 aliphatic heterocycles. The van der Waals surface area contributed by atoms with Crippen LogP contribution < -0.4 is 5.32 Å². The Labute approximate surface area is 108 Å². The van der Waals surface area contributed by atoms with Gasteiger partial charge in [0.1, 0.15) is 0 Å². The van der Waals surface area contributed by atoms with E-state index in [1.165, 1.54) is 5.56 Å². The molecule has 0 aliphatic rings. The topological polar surface area (TPSA) is 39.1 Å². The van der Waals surface area contributed by atoms with Crippen LogP contribution >= 0.6 is 0 Å². The molecule has 0 amide bonds. The highest BCUT2D eigenvalue weighted by Gasteiger charge is 2.03. The normalized spacial score (nSPS) is 10.6. The highest BCUT2D eigenvalue weighted by atomic mass is 16.5. The number of anilines is 1. The number of aromatic nitrogens is 2. The molecule has 1 N–H and O–H groups in total. The van der Waals surface area contributed by atoms with Gasteiger partial charge in [-0.15, -0.1) is 0 Å². The quantitative estimate of drug-likeness (QED) is 0.850. The van der Waals surface area contributed by atoms with Gasteiger partial charge in [-0.25, -0.2) is 4.98 Å². The number of imidazole rings is 1. The molecule has 1 aromatic heterocycles. The van der Waals surface area contributed by atoms with Gasteiger partial charge in [-0.1, -0.05) is 18.2 Å². The summed E-state index contributed by atoms with van der Waals surface area (Å²) in [6, 6.07) is 8.22. The van der Waals surface area contributed by atoms with E-state index in [-0.39, 0.29) is 0 Å². The van der Waals surface area contributed by atoms with Crippen molar-refractivity contribution in [3.8, 4) is 0 Å². The lowest BCUT2D eigenvalue weighted by Crippen LogP contribution is -2.06. The van der Waals surface area contributed by atoms with Gasteiger partial charge in [-0.2, -0.15) is 0 Å². The van der Waals surface area contributed by atoms with Crippen LogP contribution in [0, 0.1) is 0 Å². The molecule has 96 valence electrons. The molecule has 0 unspecified atom stereocenters. The minimum absolute atomic E-state index is 0.644. The molecule has 4 nitrogen and oxygen atoms in total. The summed E-state index contributed by atoms with van der Waals surface area (Å²) >= 11 is 0. The predicted octanol–water partition coefficient (Wildman–Crippen LogP) is 2.57. The van der Waals surface area contributed by atoms with E-state index in [1.807, 2.05) is 43.2 Å². The third-order valence-corrected chi connectivity index (χ3v) is 2.86. The Hall–Kier alpha value is -1.81. The Bertz CT molecular complexity index is 493. The highest BCUT2D eigenvalue weighted by Crippen LogP contribution is 2.17. The van der Waals surface area contributed by atoms with Crippen molar-refractivity contribution in [2.24, 2.45) is 7.05 Å². The largest absolute Gasteiger partial charge is 0.379 e. The molecule has 0 radical (unpaired) electrons. The van der Waals surface area contributed by atoms with Crippen molar-refractivity contribution in [2.75, 3.05) is 11.9 Å². The Morgan fingerprint density at radius 3 is 2.89 bits per heavy atom. The number of hydrogen-bond acceptors (Lipinski definition) is 3. The van der Waals surface area contributed by atoms with E-state index in [1.54, 1.807) is 0 Å². The van der Waals surface area contributed by atoms with Gasteiger partial charge < -0.3 is 14.6 Å². The average Bonchev–Trinajstić information content (AvgIpc) is 2.80. The Morgan fingerprint density at radius 1 is 1.33 bits per heavy atom. The minimum Gasteiger partial charge on any atom is -0.379 e. The number of para-hydroxylation sites is 1. The summed E-state index contributed by atoms with van der Waals surface area (Å²) in [5.74, 6) is 0. The van der Waals surface area contributed by atoms with Crippen molar-refractivity contribution >= 4 is 5.69 Å². The summed E-state index contributed by atoms with van der Waals surface area (Å²) in [6.07, 6.45) is 3.68. The predicted molar refractivity (Wildman–Crippen MR) is 72.3 cm³/mol. The van der Waals surface area contributed by atoms with Crippen molar-refractivity contribution in [3.05, 3.63) is 48.0 Å². The molecular weight excluding hydrogens is 226 g/mol. The number of nitrogens with one attached hydrogen (secondary N) is 1. The molecule has 0 bridgehead atoms. The van der Waals surface area contributed by atoms with Crippen LogP contribution in [0.5, 0.6) is 0 Å². The molecule has 0 fully saturated rings. The SMILES string of the molecule is CCOCc1ccccc1NCc1cncn1C. The smallest absolute Gasteiger partial charge is 0.0946 e. The third kappa shape index (κ3) is 3.11. The maximum atomic E-state index is 5.46. The molecule has 1 heterocycles. The Kier molecular flexibility index (Phi) is 4.36. The van der Waals surface area contributed by atoms with Crippen LogP contribution in [0.15, 0.2) is 36.8 Å². The Balaban J connectivity index is 2.02. The number of benzene rings is 1. The van der Waals surface area contributed by atoms with E-state index in [0.717, 1.165) is 24.5 Å². The standard InChI is InChI=1S/C14H19N3O/c1-3-18-10-12-6-4-5-7-14(12)16-9-13-8-15-11-17(13)2/h4-8,11,16H,3,9-10H2,1-2H3. The number of nitrogens with zero attached hydrogens (tertiary/aromatic N) is 2. The van der Waals surface area contributed by atoms with E-state index in [2.05, 4.69) is 22.4 Å². The molecular formula is C14H19N3O. The molecule has 18 heavy (non-hydrogen) atoms. The Morgan fingerprint density at radius 2 is 2.17 bits per heavy atom. The summed E-state index contributed by atoms with van der Waals surface area (Å²) in [5, 5.41) is 3.42. The van der Waals surface area contributed by atoms with Gasteiger partial charge in [0.25, 0.3) is 0 Å². The first kappa shape index (κ1) is 12.6. The number of aryl methyl sites for hydroxylation is 1. The number of rotatable bonds is 6. The first-order valence-electron chi connectivity index (χ1n) is 6.16. The molecule has 2 aromatic rings. The highest BCUT2D eigenvalue weighted by molar-refractivity contribution is 5.50. The molecule has 4 heteroatoms. The van der Waals surface area contributed by atoms with E-state index in [0.29, 0.717) is 6.61 Å². The van der Waals surface area contributed by atoms with Crippen LogP contribution in [-0.4, -0.2) is 16.2 Å². The molecule has 0 aliphatic carbocycles. The van der Waals surface area contributed by atoms with Gasteiger partial charge in [-0.3, -0.25) is 0 Å². The second-order valence-electron chi connectivity index (χ2n) is 4.14. The average molecular weight is 245 g/mol. The summed E-state index contributed by atoms with van der Waals surface area (Å²) in [5.41, 5.74) is 3.45. The van der Waals surface area contributed by atoms with E-state index in [9.17, 15) is 0 Å². The monoisotopic (exact) mass is 245 g/mol. The van der Waals surface area contributed by atoms with Crippen molar-refractivity contribution in [3.63, 3.8) is 0 Å². The van der Waals surface area contributed by atoms with Crippen LogP contribution in [0.2, 0.25) is 0 Å². The van der Waals surface area contributed by atoms with Crippen molar-refractivity contribution in [2.45, 2.75) is 20.1 Å². The van der Waals surface area contributed by atoms with Gasteiger partial charge in [-0.05, 0) is 13.0 Å². The zero-order chi connectivity index (χ0) is 12.8. The van der Waals surface area contributed by atoms with E-state index < -0.39 is 0 Å². The third-order valence-electron chi connectivity index (χ3n) is 2.86. The fourth-order valence-corrected chi connectivity index (χ4v) is 1.77. The van der Waals surface area contributed by atoms with Crippen molar-refractivity contribution in [1.29, 1.82) is 0 Å². The fraction of sp³-hybridized carbons (Fsp3) is 0.357. The summed E-state index contributed by atoms with van der Waals surface area (Å²) in [4.78, 5) is 4.10. The second-order valence-corrected chi connectivity index (χ2v) is 4.14. The lowest BCUT2D eigenvalue weighted by molar-refractivity contribution is 0.134. The van der Waals surface area contributed by atoms with Crippen molar-refractivity contribution in [1.82, 2.24) is 9.55 Å². The zero-order valence-electron chi connectivity index (χ0n) is 10.9. The molecule has 0 spiro atoms. The fourth-order valence-electron chi connectivity index (χ4n) is 1.77. The van der Waals surface area contributed by atoms with Gasteiger partial charge in [0, 0.05) is 31.1 Å². The number of hydrogen-bond donors (Lipinski definition) is 1. The van der Waals surface area contributed by atoms with Crippen LogP contribution in [0.3, 0.4) is 0 Å². The number of ether oxygens (including phenoxy) is 1. The molecule has 0 saturated heterocycles. The lowest BCUT2D eigenvalue weighted by Gasteiger charge is -2.12. The van der Waals surface area contributed by atoms with Gasteiger partial charge in [0.05, 0.1) is 25.2 Å². The zero-order valence-corrected chi connectivity index (χ0v) is 10.9. The van der Waals surface area contributed by atoms with Gasteiger partial charge in [0.15, 0.2) is 0 Å². The van der Waals surface area contributed by atoms with Crippen LogP contribution in [-0.2, 0) is 24.9 Å². The molecule has 1 aromatic carbocycles. The second kappa shape index (κ2) is 6.21. The first-order valence-corrected chi connectivity index (χ1v) is 6.16. The van der Waals surface area contributed by atoms with Gasteiger partial charge in [0.2, 0.25) is 0 Å². The maximum absolute atomic E-state index is 5.46. The lowest BCUT2D eigenvalue weighted by atomic mass is 10.2. The van der Waals surface area contributed by atoms with Crippen molar-refractivity contribution < 1.29 is 4.74 Å². The van der Waals surface area contributed by atoms with E-state index >= 15 is 0 Å². The van der Waals surface area contributed by atoms with Gasteiger partial charge >= 0.3 is 0 Å². The molecule has 0 atom stereocenters. The molecule has 0 saturated carbocycles. The maximum Gasteiger partial charge on any atom is 0.0946 e. The molecule has 2 rings (SSSR count).